The van der Waals surface area contributed by atoms with Crippen molar-refractivity contribution in [3.8, 4) is 0 Å². The van der Waals surface area contributed by atoms with Crippen molar-refractivity contribution in [2.24, 2.45) is 0 Å². The van der Waals surface area contributed by atoms with Gasteiger partial charge in [-0.15, -0.1) is 0 Å². The van der Waals surface area contributed by atoms with Crippen molar-refractivity contribution in [2.75, 3.05) is 13.2 Å². The number of unbranched alkanes of at least 4 members (excludes halogenated alkanes) is 27. The second kappa shape index (κ2) is 57.2. The third-order valence-corrected chi connectivity index (χ3v) is 12.4. The Bertz CT molecular complexity index is 1330. The minimum absolute atomic E-state index is 0.0971. The molecule has 396 valence electrons. The van der Waals surface area contributed by atoms with Gasteiger partial charge in [0.1, 0.15) is 13.2 Å². The van der Waals surface area contributed by atoms with E-state index in [-0.39, 0.29) is 37.5 Å². The van der Waals surface area contributed by atoms with Crippen LogP contribution in [-0.4, -0.2) is 37.2 Å². The van der Waals surface area contributed by atoms with Crippen LogP contribution in [0, 0.1) is 0 Å². The molecule has 69 heavy (non-hydrogen) atoms. The third-order valence-electron chi connectivity index (χ3n) is 12.4. The lowest BCUT2D eigenvalue weighted by Gasteiger charge is -2.18. The molecule has 0 amide bonds. The minimum Gasteiger partial charge on any atom is -0.462 e. The molecule has 0 aromatic carbocycles. The molecule has 0 aliphatic carbocycles. The summed E-state index contributed by atoms with van der Waals surface area (Å²) in [5.41, 5.74) is 0. The van der Waals surface area contributed by atoms with Gasteiger partial charge in [0, 0.05) is 19.3 Å². The van der Waals surface area contributed by atoms with E-state index >= 15 is 0 Å². The van der Waals surface area contributed by atoms with Crippen molar-refractivity contribution < 1.29 is 28.6 Å². The molecule has 1 atom stereocenters. The van der Waals surface area contributed by atoms with Crippen LogP contribution in [0.2, 0.25) is 0 Å². The standard InChI is InChI=1S/C63H108O6/c1-4-7-10-13-16-19-22-25-28-29-30-31-32-33-36-38-41-44-47-50-53-56-62(65)68-59-60(69-63(66)57-54-51-48-45-42-39-35-27-24-21-18-15-12-9-6-3)58-67-61(64)55-52-49-46-43-40-37-34-26-23-20-17-14-11-8-5-2/h8-9,11-12,17-18,20-21,26-27,34-35,42,45,60H,4-7,10,13-16,19,22-25,28-33,36-41,43-44,46-59H2,1-3H3/b11-8-,12-9-,20-17-,21-18-,34-26-,35-27-,45-42-. The van der Waals surface area contributed by atoms with Crippen LogP contribution < -0.4 is 0 Å². The fourth-order valence-electron chi connectivity index (χ4n) is 8.10. The second-order valence-corrected chi connectivity index (χ2v) is 19.1. The maximum atomic E-state index is 12.8. The van der Waals surface area contributed by atoms with Gasteiger partial charge in [0.2, 0.25) is 0 Å². The van der Waals surface area contributed by atoms with Crippen LogP contribution in [-0.2, 0) is 28.6 Å². The molecule has 0 saturated carbocycles. The molecule has 0 aromatic rings. The summed E-state index contributed by atoms with van der Waals surface area (Å²) in [4.78, 5) is 38.1. The Kier molecular flexibility index (Phi) is 54.3. The van der Waals surface area contributed by atoms with Gasteiger partial charge in [0.15, 0.2) is 6.10 Å². The lowest BCUT2D eigenvalue weighted by atomic mass is 10.0. The van der Waals surface area contributed by atoms with Gasteiger partial charge >= 0.3 is 17.9 Å². The molecule has 6 nitrogen and oxygen atoms in total. The molecule has 0 rings (SSSR count). The number of rotatable bonds is 52. The van der Waals surface area contributed by atoms with Crippen molar-refractivity contribution in [2.45, 2.75) is 284 Å². The molecule has 0 radical (unpaired) electrons. The smallest absolute Gasteiger partial charge is 0.306 e. The summed E-state index contributed by atoms with van der Waals surface area (Å²) in [7, 11) is 0. The van der Waals surface area contributed by atoms with Crippen LogP contribution >= 0.6 is 0 Å². The molecule has 0 fully saturated rings. The Hall–Kier alpha value is -3.41. The van der Waals surface area contributed by atoms with Crippen molar-refractivity contribution >= 4 is 17.9 Å². The van der Waals surface area contributed by atoms with Crippen LogP contribution in [0.5, 0.6) is 0 Å². The molecular weight excluding hydrogens is 853 g/mol. The number of ether oxygens (including phenoxy) is 3. The van der Waals surface area contributed by atoms with Crippen LogP contribution in [0.25, 0.3) is 0 Å². The van der Waals surface area contributed by atoms with Crippen molar-refractivity contribution in [3.63, 3.8) is 0 Å². The number of hydrogen-bond donors (Lipinski definition) is 0. The van der Waals surface area contributed by atoms with Crippen LogP contribution in [0.3, 0.4) is 0 Å². The third kappa shape index (κ3) is 55.4. The summed E-state index contributed by atoms with van der Waals surface area (Å²) in [6, 6.07) is 0. The van der Waals surface area contributed by atoms with E-state index in [4.69, 9.17) is 14.2 Å². The summed E-state index contributed by atoms with van der Waals surface area (Å²) < 4.78 is 16.8. The average molecular weight is 962 g/mol. The first-order chi connectivity index (χ1) is 34.0. The van der Waals surface area contributed by atoms with Gasteiger partial charge in [0.25, 0.3) is 0 Å². The van der Waals surface area contributed by atoms with Gasteiger partial charge in [0.05, 0.1) is 0 Å². The van der Waals surface area contributed by atoms with Gasteiger partial charge in [-0.05, 0) is 89.9 Å². The molecule has 0 N–H and O–H groups in total. The fourth-order valence-corrected chi connectivity index (χ4v) is 8.10. The van der Waals surface area contributed by atoms with E-state index < -0.39 is 6.10 Å². The average Bonchev–Trinajstić information content (AvgIpc) is 3.35. The maximum Gasteiger partial charge on any atom is 0.306 e. The van der Waals surface area contributed by atoms with Crippen LogP contribution in [0.1, 0.15) is 278 Å². The van der Waals surface area contributed by atoms with Crippen LogP contribution in [0.15, 0.2) is 85.1 Å². The summed E-state index contributed by atoms with van der Waals surface area (Å²) >= 11 is 0. The van der Waals surface area contributed by atoms with E-state index in [0.29, 0.717) is 19.3 Å². The lowest BCUT2D eigenvalue weighted by molar-refractivity contribution is -0.167. The zero-order valence-corrected chi connectivity index (χ0v) is 45.3. The molecular formula is C63H108O6. The van der Waals surface area contributed by atoms with Gasteiger partial charge in [-0.2, -0.15) is 0 Å². The van der Waals surface area contributed by atoms with E-state index in [2.05, 4.69) is 106 Å². The molecule has 6 heteroatoms. The van der Waals surface area contributed by atoms with Crippen molar-refractivity contribution in [1.82, 2.24) is 0 Å². The first-order valence-electron chi connectivity index (χ1n) is 29.1. The summed E-state index contributed by atoms with van der Waals surface area (Å²) in [5, 5.41) is 0. The summed E-state index contributed by atoms with van der Waals surface area (Å²) in [6.45, 7) is 6.39. The van der Waals surface area contributed by atoms with E-state index in [1.54, 1.807) is 0 Å². The van der Waals surface area contributed by atoms with Crippen LogP contribution in [0.4, 0.5) is 0 Å². The summed E-state index contributed by atoms with van der Waals surface area (Å²) in [6.07, 6.45) is 74.4. The largest absolute Gasteiger partial charge is 0.462 e. The Labute approximate surface area is 426 Å². The first kappa shape index (κ1) is 65.6. The number of hydrogen-bond acceptors (Lipinski definition) is 6. The molecule has 0 saturated heterocycles. The Morgan fingerprint density at radius 2 is 0.565 bits per heavy atom. The topological polar surface area (TPSA) is 78.9 Å². The molecule has 0 aromatic heterocycles. The van der Waals surface area contributed by atoms with Gasteiger partial charge in [-0.1, -0.05) is 254 Å². The van der Waals surface area contributed by atoms with Gasteiger partial charge < -0.3 is 14.2 Å². The molecule has 1 unspecified atom stereocenters. The number of allylic oxidation sites excluding steroid dienone is 14. The van der Waals surface area contributed by atoms with E-state index in [9.17, 15) is 14.4 Å². The minimum atomic E-state index is -0.805. The van der Waals surface area contributed by atoms with Gasteiger partial charge in [-0.25, -0.2) is 0 Å². The van der Waals surface area contributed by atoms with E-state index in [1.165, 1.54) is 116 Å². The lowest BCUT2D eigenvalue weighted by Crippen LogP contribution is -2.30. The SMILES string of the molecule is CC/C=C\C/C=C\C/C=C\C/C=C\CCCCC(=O)OC(COC(=O)CCCCCCC/C=C\C/C=C\C/C=C\CC)COC(=O)CCCCCCCCCCCCCCCCCCCCCCC. The number of carbonyl (C=O) groups is 3. The Morgan fingerprint density at radius 1 is 0.304 bits per heavy atom. The highest BCUT2D eigenvalue weighted by molar-refractivity contribution is 5.71. The normalized spacial score (nSPS) is 12.7. The Balaban J connectivity index is 4.39. The van der Waals surface area contributed by atoms with E-state index in [1.807, 2.05) is 0 Å². The predicted molar refractivity (Wildman–Crippen MR) is 297 cm³/mol. The zero-order chi connectivity index (χ0) is 50.0. The molecule has 0 bridgehead atoms. The highest BCUT2D eigenvalue weighted by Gasteiger charge is 2.19. The highest BCUT2D eigenvalue weighted by Crippen LogP contribution is 2.16. The first-order valence-corrected chi connectivity index (χ1v) is 29.1. The Morgan fingerprint density at radius 3 is 0.913 bits per heavy atom. The second-order valence-electron chi connectivity index (χ2n) is 19.1. The molecule has 0 spiro atoms. The zero-order valence-electron chi connectivity index (χ0n) is 45.3. The fraction of sp³-hybridized carbons (Fsp3) is 0.730. The van der Waals surface area contributed by atoms with E-state index in [0.717, 1.165) is 116 Å². The molecule has 0 aliphatic rings. The molecule has 0 heterocycles. The van der Waals surface area contributed by atoms with Crippen molar-refractivity contribution in [1.29, 1.82) is 0 Å². The number of esters is 3. The summed E-state index contributed by atoms with van der Waals surface area (Å²) in [5.74, 6) is -0.949. The molecule has 0 aliphatic heterocycles. The van der Waals surface area contributed by atoms with Crippen molar-refractivity contribution in [3.05, 3.63) is 85.1 Å². The predicted octanol–water partition coefficient (Wildman–Crippen LogP) is 19.5. The maximum absolute atomic E-state index is 12.8. The van der Waals surface area contributed by atoms with Gasteiger partial charge in [-0.3, -0.25) is 14.4 Å². The number of carbonyl (C=O) groups excluding carboxylic acids is 3. The quantitative estimate of drug-likeness (QED) is 0.0262. The highest BCUT2D eigenvalue weighted by atomic mass is 16.6. The monoisotopic (exact) mass is 961 g/mol.